The number of hydrogen-bond donors (Lipinski definition) is 0. The molecule has 1 aromatic carbocycles. The highest BCUT2D eigenvalue weighted by molar-refractivity contribution is 5.93. The minimum absolute atomic E-state index is 0.0312. The number of imidazole rings is 1. The molecule has 0 saturated carbocycles. The average Bonchev–Trinajstić information content (AvgIpc) is 3.22. The molecule has 0 radical (unpaired) electrons. The first-order valence-electron chi connectivity index (χ1n) is 11.5. The van der Waals surface area contributed by atoms with Crippen molar-refractivity contribution < 1.29 is 13.9 Å². The predicted octanol–water partition coefficient (Wildman–Crippen LogP) is 2.75. The van der Waals surface area contributed by atoms with Crippen LogP contribution >= 0.6 is 0 Å². The summed E-state index contributed by atoms with van der Waals surface area (Å²) in [6.07, 6.45) is 3.44. The van der Waals surface area contributed by atoms with Crippen LogP contribution in [-0.4, -0.2) is 56.8 Å². The number of nitrogens with zero attached hydrogens (tertiary/aromatic N) is 5. The number of benzene rings is 1. The van der Waals surface area contributed by atoms with E-state index in [-0.39, 0.29) is 29.5 Å². The third-order valence-corrected chi connectivity index (χ3v) is 6.41. The van der Waals surface area contributed by atoms with E-state index < -0.39 is 0 Å². The van der Waals surface area contributed by atoms with E-state index in [9.17, 15) is 14.0 Å². The number of rotatable bonds is 4. The lowest BCUT2D eigenvalue weighted by Crippen LogP contribution is -2.47. The first-order valence-corrected chi connectivity index (χ1v) is 11.5. The number of pyridine rings is 1. The summed E-state index contributed by atoms with van der Waals surface area (Å²) in [5, 5.41) is 0. The number of halogens is 1. The van der Waals surface area contributed by atoms with Crippen molar-refractivity contribution in [3.8, 4) is 5.69 Å². The third kappa shape index (κ3) is 4.11. The first kappa shape index (κ1) is 22.3. The van der Waals surface area contributed by atoms with Crippen molar-refractivity contribution >= 4 is 11.6 Å². The molecule has 178 valence electrons. The fraction of sp³-hybridized carbons (Fsp3) is 0.400. The van der Waals surface area contributed by atoms with Crippen molar-refractivity contribution in [2.75, 3.05) is 24.5 Å². The summed E-state index contributed by atoms with van der Waals surface area (Å²) in [5.41, 5.74) is 3.06. The summed E-state index contributed by atoms with van der Waals surface area (Å²) in [6.45, 7) is 8.30. The molecule has 2 aliphatic heterocycles. The van der Waals surface area contributed by atoms with E-state index >= 15 is 0 Å². The fourth-order valence-corrected chi connectivity index (χ4v) is 4.91. The highest BCUT2D eigenvalue weighted by Crippen LogP contribution is 2.28. The Kier molecular flexibility index (Phi) is 5.73. The maximum atomic E-state index is 14.2. The van der Waals surface area contributed by atoms with E-state index in [1.165, 1.54) is 16.7 Å². The van der Waals surface area contributed by atoms with Crippen LogP contribution in [0.2, 0.25) is 0 Å². The number of carbonyl (C=O) groups is 1. The van der Waals surface area contributed by atoms with Gasteiger partial charge in [0.25, 0.3) is 11.5 Å². The van der Waals surface area contributed by atoms with Gasteiger partial charge in [0, 0.05) is 44.6 Å². The van der Waals surface area contributed by atoms with E-state index in [0.717, 1.165) is 16.9 Å². The van der Waals surface area contributed by atoms with Gasteiger partial charge in [-0.25, -0.2) is 9.37 Å². The number of morpholine rings is 1. The fourth-order valence-electron chi connectivity index (χ4n) is 4.91. The van der Waals surface area contributed by atoms with Crippen molar-refractivity contribution in [3.63, 3.8) is 0 Å². The summed E-state index contributed by atoms with van der Waals surface area (Å²) in [7, 11) is 0. The number of aryl methyl sites for hydroxylation is 1. The lowest BCUT2D eigenvalue weighted by Gasteiger charge is -2.38. The largest absolute Gasteiger partial charge is 0.372 e. The molecular weight excluding hydrogens is 437 g/mol. The van der Waals surface area contributed by atoms with E-state index in [1.807, 2.05) is 20.8 Å². The summed E-state index contributed by atoms with van der Waals surface area (Å²) in [4.78, 5) is 34.4. The summed E-state index contributed by atoms with van der Waals surface area (Å²) >= 11 is 0. The molecule has 1 amide bonds. The van der Waals surface area contributed by atoms with Crippen molar-refractivity contribution in [1.29, 1.82) is 0 Å². The van der Waals surface area contributed by atoms with Crippen LogP contribution in [0.5, 0.6) is 0 Å². The van der Waals surface area contributed by atoms with Crippen LogP contribution in [0.3, 0.4) is 0 Å². The minimum atomic E-state index is -0.310. The van der Waals surface area contributed by atoms with Gasteiger partial charge >= 0.3 is 0 Å². The zero-order valence-electron chi connectivity index (χ0n) is 19.6. The molecule has 34 heavy (non-hydrogen) atoms. The maximum Gasteiger partial charge on any atom is 0.275 e. The van der Waals surface area contributed by atoms with Crippen LogP contribution in [0.25, 0.3) is 5.69 Å². The normalized spacial score (nSPS) is 20.5. The molecule has 2 atom stereocenters. The van der Waals surface area contributed by atoms with Gasteiger partial charge in [0.05, 0.1) is 24.2 Å². The molecule has 5 rings (SSSR count). The van der Waals surface area contributed by atoms with Gasteiger partial charge in [0.2, 0.25) is 0 Å². The Morgan fingerprint density at radius 3 is 2.53 bits per heavy atom. The number of aromatic nitrogens is 3. The quantitative estimate of drug-likeness (QED) is 0.593. The van der Waals surface area contributed by atoms with E-state index in [4.69, 9.17) is 4.74 Å². The molecule has 0 aliphatic carbocycles. The SMILES string of the molecule is Cc1cn(-c2ccc3n(c2=O)CCN(Cc2ccc(F)cc2N2C[C@@H](C)O[C@@H](C)C2)C3=O)cn1. The van der Waals surface area contributed by atoms with Crippen LogP contribution < -0.4 is 10.5 Å². The van der Waals surface area contributed by atoms with E-state index in [0.29, 0.717) is 44.1 Å². The number of ether oxygens (including phenoxy) is 1. The Bertz CT molecular complexity index is 1290. The molecule has 1 fully saturated rings. The van der Waals surface area contributed by atoms with Gasteiger partial charge < -0.3 is 23.7 Å². The smallest absolute Gasteiger partial charge is 0.275 e. The van der Waals surface area contributed by atoms with Gasteiger partial charge in [-0.2, -0.15) is 0 Å². The predicted molar refractivity (Wildman–Crippen MR) is 126 cm³/mol. The van der Waals surface area contributed by atoms with Crippen LogP contribution in [0.1, 0.15) is 35.6 Å². The Balaban J connectivity index is 1.42. The van der Waals surface area contributed by atoms with Crippen molar-refractivity contribution in [2.45, 2.75) is 46.1 Å². The highest BCUT2D eigenvalue weighted by Gasteiger charge is 2.29. The molecule has 0 N–H and O–H groups in total. The molecule has 0 spiro atoms. The molecule has 4 heterocycles. The Hall–Kier alpha value is -3.46. The summed E-state index contributed by atoms with van der Waals surface area (Å²) < 4.78 is 23.2. The van der Waals surface area contributed by atoms with Gasteiger partial charge in [-0.05, 0) is 50.6 Å². The molecule has 8 nitrogen and oxygen atoms in total. The molecule has 0 bridgehead atoms. The lowest BCUT2D eigenvalue weighted by molar-refractivity contribution is -0.00532. The van der Waals surface area contributed by atoms with Crippen LogP contribution in [0.15, 0.2) is 47.7 Å². The topological polar surface area (TPSA) is 72.6 Å². The van der Waals surface area contributed by atoms with Crippen LogP contribution in [0, 0.1) is 12.7 Å². The first-order chi connectivity index (χ1) is 16.3. The van der Waals surface area contributed by atoms with Gasteiger partial charge in [0.1, 0.15) is 17.2 Å². The molecule has 1 saturated heterocycles. The van der Waals surface area contributed by atoms with Gasteiger partial charge in [-0.3, -0.25) is 9.59 Å². The van der Waals surface area contributed by atoms with Gasteiger partial charge in [-0.15, -0.1) is 0 Å². The zero-order valence-corrected chi connectivity index (χ0v) is 19.6. The maximum absolute atomic E-state index is 14.2. The number of fused-ring (bicyclic) bond motifs is 1. The van der Waals surface area contributed by atoms with E-state index in [1.54, 1.807) is 40.2 Å². The lowest BCUT2D eigenvalue weighted by atomic mass is 10.1. The van der Waals surface area contributed by atoms with Crippen LogP contribution in [0.4, 0.5) is 10.1 Å². The second kappa shape index (κ2) is 8.72. The highest BCUT2D eigenvalue weighted by atomic mass is 19.1. The third-order valence-electron chi connectivity index (χ3n) is 6.41. The zero-order chi connectivity index (χ0) is 24.0. The summed E-state index contributed by atoms with van der Waals surface area (Å²) in [5.74, 6) is -0.523. The summed E-state index contributed by atoms with van der Waals surface area (Å²) in [6, 6.07) is 8.06. The monoisotopic (exact) mass is 465 g/mol. The number of carbonyl (C=O) groups excluding carboxylic acids is 1. The molecule has 9 heteroatoms. The Morgan fingerprint density at radius 2 is 1.82 bits per heavy atom. The molecule has 2 aliphatic rings. The molecule has 3 aromatic rings. The molecule has 0 unspecified atom stereocenters. The number of amides is 1. The number of anilines is 1. The number of hydrogen-bond acceptors (Lipinski definition) is 5. The Morgan fingerprint density at radius 1 is 1.06 bits per heavy atom. The second-order valence-electron chi connectivity index (χ2n) is 9.14. The van der Waals surface area contributed by atoms with Crippen LogP contribution in [-0.2, 0) is 17.8 Å². The van der Waals surface area contributed by atoms with E-state index in [2.05, 4.69) is 9.88 Å². The molecular formula is C25H28FN5O3. The Labute approximate surface area is 197 Å². The standard InChI is InChI=1S/C25H28FN5O3/c1-16-11-30(15-27-16)21-6-7-22-24(32)28(8-9-31(22)25(21)33)14-19-4-5-20(26)10-23(19)29-12-17(2)34-18(3)13-29/h4-7,10-11,15,17-18H,8-9,12-14H2,1-3H3/t17-,18+. The van der Waals surface area contributed by atoms with Crippen molar-refractivity contribution in [3.05, 3.63) is 76.0 Å². The second-order valence-corrected chi connectivity index (χ2v) is 9.14. The average molecular weight is 466 g/mol. The van der Waals surface area contributed by atoms with Gasteiger partial charge in [-0.1, -0.05) is 6.07 Å². The minimum Gasteiger partial charge on any atom is -0.372 e. The van der Waals surface area contributed by atoms with Crippen molar-refractivity contribution in [1.82, 2.24) is 19.0 Å². The molecule has 2 aromatic heterocycles. The van der Waals surface area contributed by atoms with Gasteiger partial charge in [0.15, 0.2) is 0 Å². The van der Waals surface area contributed by atoms with Crippen molar-refractivity contribution in [2.24, 2.45) is 0 Å².